The highest BCUT2D eigenvalue weighted by molar-refractivity contribution is 6.42. The van der Waals surface area contributed by atoms with E-state index in [0.29, 0.717) is 43.0 Å². The summed E-state index contributed by atoms with van der Waals surface area (Å²) in [6.45, 7) is 7.27. The summed E-state index contributed by atoms with van der Waals surface area (Å²) < 4.78 is 0. The summed E-state index contributed by atoms with van der Waals surface area (Å²) in [7, 11) is 0. The summed E-state index contributed by atoms with van der Waals surface area (Å²) in [4.78, 5) is 43.7. The molecule has 0 radical (unpaired) electrons. The molecule has 136 valence electrons. The van der Waals surface area contributed by atoms with E-state index in [0.717, 1.165) is 5.69 Å². The molecule has 1 aliphatic heterocycles. The number of hydrogen-bond acceptors (Lipinski definition) is 4. The number of rotatable bonds is 4. The number of hydrogen-bond donors (Lipinski definition) is 1. The molecule has 2 heterocycles. The van der Waals surface area contributed by atoms with Crippen LogP contribution in [0, 0.1) is 13.8 Å². The number of aromatic amines is 1. The van der Waals surface area contributed by atoms with Crippen LogP contribution in [0.25, 0.3) is 0 Å². The third-order valence-electron chi connectivity index (χ3n) is 4.90. The predicted octanol–water partition coefficient (Wildman–Crippen LogP) is 2.37. The van der Waals surface area contributed by atoms with Gasteiger partial charge < -0.3 is 14.8 Å². The van der Waals surface area contributed by atoms with E-state index in [-0.39, 0.29) is 11.5 Å². The fourth-order valence-electron chi connectivity index (χ4n) is 3.56. The Hall–Kier alpha value is -2.89. The standard InChI is InChI=1S/C20H23N3O3/c1-13-17(15(3)24)14(2)21-18(13)19(25)20(26)23-11-9-22(10-12-23)16-7-5-4-6-8-16/h4-8,21H,9-12H2,1-3H3. The number of carbonyl (C=O) groups is 3. The Kier molecular flexibility index (Phi) is 4.93. The van der Waals surface area contributed by atoms with Crippen molar-refractivity contribution in [2.24, 2.45) is 0 Å². The minimum Gasteiger partial charge on any atom is -0.368 e. The Morgan fingerprint density at radius 3 is 2.12 bits per heavy atom. The van der Waals surface area contributed by atoms with Gasteiger partial charge in [-0.1, -0.05) is 18.2 Å². The highest BCUT2D eigenvalue weighted by Crippen LogP contribution is 2.20. The largest absolute Gasteiger partial charge is 0.368 e. The number of amides is 1. The summed E-state index contributed by atoms with van der Waals surface area (Å²) in [6.07, 6.45) is 0. The number of para-hydroxylation sites is 1. The Balaban J connectivity index is 1.70. The van der Waals surface area contributed by atoms with Crippen LogP contribution >= 0.6 is 0 Å². The van der Waals surface area contributed by atoms with Gasteiger partial charge >= 0.3 is 0 Å². The first-order chi connectivity index (χ1) is 12.4. The van der Waals surface area contributed by atoms with Crippen molar-refractivity contribution in [2.75, 3.05) is 31.1 Å². The van der Waals surface area contributed by atoms with E-state index < -0.39 is 11.7 Å². The van der Waals surface area contributed by atoms with Crippen LogP contribution in [-0.2, 0) is 4.79 Å². The molecule has 1 saturated heterocycles. The van der Waals surface area contributed by atoms with E-state index in [1.165, 1.54) is 6.92 Å². The molecule has 0 aliphatic carbocycles. The number of benzene rings is 1. The van der Waals surface area contributed by atoms with E-state index in [1.807, 2.05) is 30.3 Å². The van der Waals surface area contributed by atoms with Gasteiger partial charge in [0.05, 0.1) is 5.69 Å². The number of Topliss-reactive ketones (excluding diaryl/α,β-unsaturated/α-hetero) is 2. The second kappa shape index (κ2) is 7.15. The smallest absolute Gasteiger partial charge is 0.296 e. The van der Waals surface area contributed by atoms with Crippen molar-refractivity contribution in [1.29, 1.82) is 0 Å². The molecular formula is C20H23N3O3. The van der Waals surface area contributed by atoms with Crippen LogP contribution in [0.4, 0.5) is 5.69 Å². The highest BCUT2D eigenvalue weighted by atomic mass is 16.2. The molecule has 0 bridgehead atoms. The van der Waals surface area contributed by atoms with Gasteiger partial charge in [0.25, 0.3) is 11.7 Å². The fraction of sp³-hybridized carbons (Fsp3) is 0.350. The zero-order chi connectivity index (χ0) is 18.8. The van der Waals surface area contributed by atoms with Gasteiger partial charge in [-0.25, -0.2) is 0 Å². The molecule has 3 rings (SSSR count). The number of aryl methyl sites for hydroxylation is 1. The van der Waals surface area contributed by atoms with Crippen LogP contribution in [0.1, 0.15) is 39.0 Å². The summed E-state index contributed by atoms with van der Waals surface area (Å²) in [5.41, 5.74) is 3.02. The predicted molar refractivity (Wildman–Crippen MR) is 99.8 cm³/mol. The maximum Gasteiger partial charge on any atom is 0.296 e. The number of nitrogens with one attached hydrogen (secondary N) is 1. The van der Waals surface area contributed by atoms with Crippen molar-refractivity contribution in [3.63, 3.8) is 0 Å². The second-order valence-corrected chi connectivity index (χ2v) is 6.63. The lowest BCUT2D eigenvalue weighted by molar-refractivity contribution is -0.126. The minimum atomic E-state index is -0.578. The number of anilines is 1. The van der Waals surface area contributed by atoms with Crippen molar-refractivity contribution < 1.29 is 14.4 Å². The number of aromatic nitrogens is 1. The normalized spacial score (nSPS) is 14.4. The number of nitrogens with zero attached hydrogens (tertiary/aromatic N) is 2. The monoisotopic (exact) mass is 353 g/mol. The first kappa shape index (κ1) is 17.9. The van der Waals surface area contributed by atoms with Crippen molar-refractivity contribution in [1.82, 2.24) is 9.88 Å². The molecule has 2 aromatic rings. The molecular weight excluding hydrogens is 330 g/mol. The van der Waals surface area contributed by atoms with Gasteiger partial charge in [-0.3, -0.25) is 14.4 Å². The molecule has 1 amide bonds. The van der Waals surface area contributed by atoms with Crippen LogP contribution in [0.2, 0.25) is 0 Å². The molecule has 1 aliphatic rings. The number of H-pyrrole nitrogens is 1. The van der Waals surface area contributed by atoms with Gasteiger partial charge in [0.15, 0.2) is 5.78 Å². The maximum absolute atomic E-state index is 12.7. The minimum absolute atomic E-state index is 0.112. The van der Waals surface area contributed by atoms with Crippen LogP contribution in [0.15, 0.2) is 30.3 Å². The molecule has 1 fully saturated rings. The molecule has 1 aromatic carbocycles. The topological polar surface area (TPSA) is 73.5 Å². The Morgan fingerprint density at radius 2 is 1.58 bits per heavy atom. The summed E-state index contributed by atoms with van der Waals surface area (Å²) in [5.74, 6) is -1.21. The van der Waals surface area contributed by atoms with Crippen molar-refractivity contribution in [3.05, 3.63) is 52.8 Å². The van der Waals surface area contributed by atoms with Crippen molar-refractivity contribution >= 4 is 23.2 Å². The van der Waals surface area contributed by atoms with E-state index in [4.69, 9.17) is 0 Å². The first-order valence-corrected chi connectivity index (χ1v) is 8.74. The molecule has 0 unspecified atom stereocenters. The molecule has 6 heteroatoms. The fourth-order valence-corrected chi connectivity index (χ4v) is 3.56. The molecule has 1 N–H and O–H groups in total. The third-order valence-corrected chi connectivity index (χ3v) is 4.90. The first-order valence-electron chi connectivity index (χ1n) is 8.74. The second-order valence-electron chi connectivity index (χ2n) is 6.63. The Morgan fingerprint density at radius 1 is 0.962 bits per heavy atom. The van der Waals surface area contributed by atoms with Crippen LogP contribution in [-0.4, -0.2) is 53.5 Å². The van der Waals surface area contributed by atoms with E-state index in [1.54, 1.807) is 18.7 Å². The van der Waals surface area contributed by atoms with E-state index in [9.17, 15) is 14.4 Å². The average Bonchev–Trinajstić information content (AvgIpc) is 2.95. The summed E-state index contributed by atoms with van der Waals surface area (Å²) >= 11 is 0. The summed E-state index contributed by atoms with van der Waals surface area (Å²) in [5, 5.41) is 0. The van der Waals surface area contributed by atoms with Crippen LogP contribution < -0.4 is 4.90 Å². The van der Waals surface area contributed by atoms with E-state index >= 15 is 0 Å². The zero-order valence-electron chi connectivity index (χ0n) is 15.3. The van der Waals surface area contributed by atoms with Crippen LogP contribution in [0.5, 0.6) is 0 Å². The van der Waals surface area contributed by atoms with Gasteiger partial charge in [0, 0.05) is 43.1 Å². The van der Waals surface area contributed by atoms with Gasteiger partial charge in [-0.2, -0.15) is 0 Å². The number of ketones is 2. The van der Waals surface area contributed by atoms with Crippen LogP contribution in [0.3, 0.4) is 0 Å². The van der Waals surface area contributed by atoms with Gasteiger partial charge in [0.2, 0.25) is 0 Å². The molecule has 1 aromatic heterocycles. The van der Waals surface area contributed by atoms with Crippen molar-refractivity contribution in [3.8, 4) is 0 Å². The Labute approximate surface area is 152 Å². The molecule has 26 heavy (non-hydrogen) atoms. The molecule has 0 saturated carbocycles. The number of carbonyl (C=O) groups excluding carboxylic acids is 3. The highest BCUT2D eigenvalue weighted by Gasteiger charge is 2.30. The third kappa shape index (κ3) is 3.27. The number of piperazine rings is 1. The SMILES string of the molecule is CC(=O)c1c(C)[nH]c(C(=O)C(=O)N2CCN(c3ccccc3)CC2)c1C. The van der Waals surface area contributed by atoms with Crippen molar-refractivity contribution in [2.45, 2.75) is 20.8 Å². The lowest BCUT2D eigenvalue weighted by atomic mass is 10.0. The average molecular weight is 353 g/mol. The zero-order valence-corrected chi connectivity index (χ0v) is 15.3. The quantitative estimate of drug-likeness (QED) is 0.676. The summed E-state index contributed by atoms with van der Waals surface area (Å²) in [6, 6.07) is 10.0. The van der Waals surface area contributed by atoms with E-state index in [2.05, 4.69) is 9.88 Å². The Bertz CT molecular complexity index is 847. The maximum atomic E-state index is 12.7. The van der Waals surface area contributed by atoms with Gasteiger partial charge in [-0.15, -0.1) is 0 Å². The van der Waals surface area contributed by atoms with Gasteiger partial charge in [-0.05, 0) is 38.5 Å². The molecule has 6 nitrogen and oxygen atoms in total. The lowest BCUT2D eigenvalue weighted by Gasteiger charge is -2.35. The van der Waals surface area contributed by atoms with Gasteiger partial charge in [0.1, 0.15) is 0 Å². The lowest BCUT2D eigenvalue weighted by Crippen LogP contribution is -2.50. The molecule has 0 atom stereocenters. The molecule has 0 spiro atoms.